The van der Waals surface area contributed by atoms with Crippen molar-refractivity contribution in [1.82, 2.24) is 61.8 Å². The second kappa shape index (κ2) is 41.8. The summed E-state index contributed by atoms with van der Waals surface area (Å²) in [6, 6.07) is 30.9. The van der Waals surface area contributed by atoms with Crippen LogP contribution in [0.15, 0.2) is 172 Å². The summed E-state index contributed by atoms with van der Waals surface area (Å²) in [5.41, 5.74) is 16.1. The zero-order chi connectivity index (χ0) is 79.3. The number of likely N-dealkylation sites (N-methyl/N-ethyl adjacent to an activating group) is 4. The molecule has 3 aliphatic carbocycles. The van der Waals surface area contributed by atoms with Gasteiger partial charge in [-0.15, -0.1) is 0 Å². The molecule has 0 bridgehead atoms. The van der Waals surface area contributed by atoms with E-state index in [9.17, 15) is 33.6 Å². The number of nitrogens with two attached hydrogens (primary N) is 2. The minimum Gasteiger partial charge on any atom is -0.484 e. The summed E-state index contributed by atoms with van der Waals surface area (Å²) in [6.07, 6.45) is 28.5. The van der Waals surface area contributed by atoms with Crippen LogP contribution in [0.1, 0.15) is 209 Å². The van der Waals surface area contributed by atoms with E-state index in [1.807, 2.05) is 83.1 Å². The average Bonchev–Trinajstić information content (AvgIpc) is 1.65. The topological polar surface area (TPSA) is 388 Å². The van der Waals surface area contributed by atoms with Gasteiger partial charge in [0, 0.05) is 70.3 Å². The highest BCUT2D eigenvalue weighted by molar-refractivity contribution is 5.97. The molecule has 0 aromatic carbocycles. The van der Waals surface area contributed by atoms with Gasteiger partial charge in [0.05, 0.1) is 36.2 Å². The molecule has 27 nitrogen and oxygen atoms in total. The molecule has 1 unspecified atom stereocenters. The van der Waals surface area contributed by atoms with E-state index >= 15 is 0 Å². The van der Waals surface area contributed by atoms with E-state index in [1.165, 1.54) is 12.8 Å². The first-order valence-electron chi connectivity index (χ1n) is 38.1. The lowest BCUT2D eigenvalue weighted by Gasteiger charge is -2.29. The fraction of sp³-hybridized carbons (Fsp3) is 0.417. The predicted octanol–water partition coefficient (Wildman–Crippen LogP) is 12.7. The van der Waals surface area contributed by atoms with Gasteiger partial charge in [-0.25, -0.2) is 15.0 Å². The minimum atomic E-state index is -0.697. The molecule has 9 heterocycles. The molecule has 3 aliphatic rings. The van der Waals surface area contributed by atoms with Gasteiger partial charge >= 0.3 is 0 Å². The third-order valence-corrected chi connectivity index (χ3v) is 20.1. The molecule has 0 radical (unpaired) electrons. The number of aromatic nitrogens is 6. The summed E-state index contributed by atoms with van der Waals surface area (Å²) >= 11 is 0. The van der Waals surface area contributed by atoms with Gasteiger partial charge in [0.1, 0.15) is 64.7 Å². The predicted molar refractivity (Wildman–Crippen MR) is 418 cm³/mol. The van der Waals surface area contributed by atoms with Crippen LogP contribution in [0.3, 0.4) is 0 Å². The molecule has 3 saturated carbocycles. The summed E-state index contributed by atoms with van der Waals surface area (Å²) in [6.45, 7) is 9.65. The van der Waals surface area contributed by atoms with Gasteiger partial charge in [-0.05, 0) is 186 Å². The van der Waals surface area contributed by atoms with Crippen LogP contribution >= 0.6 is 0 Å². The van der Waals surface area contributed by atoms with E-state index in [0.717, 1.165) is 100 Å². The Balaban J connectivity index is 0.000000181. The molecule has 9 aromatic heterocycles. The summed E-state index contributed by atoms with van der Waals surface area (Å²) < 4.78 is 35.2. The number of carbonyl (C=O) groups is 7. The molecule has 7 atom stereocenters. The number of rotatable bonds is 26. The Morgan fingerprint density at radius 3 is 1.30 bits per heavy atom. The maximum absolute atomic E-state index is 12.9. The van der Waals surface area contributed by atoms with Crippen LogP contribution in [-0.4, -0.2) is 118 Å². The summed E-state index contributed by atoms with van der Waals surface area (Å²) in [4.78, 5) is 112. The Bertz CT molecular complexity index is 4230. The monoisotopic (exact) mass is 1520 g/mol. The van der Waals surface area contributed by atoms with Gasteiger partial charge in [-0.1, -0.05) is 83.8 Å². The van der Waals surface area contributed by atoms with Crippen molar-refractivity contribution in [2.45, 2.75) is 173 Å². The van der Waals surface area contributed by atoms with Gasteiger partial charge in [0.25, 0.3) is 17.7 Å². The number of primary amides is 1. The molecule has 27 heteroatoms. The average molecular weight is 1520 g/mol. The molecule has 0 spiro atoms. The molecule has 7 amide bonds. The van der Waals surface area contributed by atoms with Crippen molar-refractivity contribution in [3.8, 4) is 51.6 Å². The second-order valence-electron chi connectivity index (χ2n) is 28.1. The molecule has 9 aromatic rings. The van der Waals surface area contributed by atoms with Crippen LogP contribution in [0.4, 0.5) is 0 Å². The van der Waals surface area contributed by atoms with E-state index < -0.39 is 35.7 Å². The van der Waals surface area contributed by atoms with Crippen molar-refractivity contribution in [3.05, 3.63) is 198 Å². The van der Waals surface area contributed by atoms with Crippen molar-refractivity contribution in [2.75, 3.05) is 28.2 Å². The Morgan fingerprint density at radius 1 is 0.432 bits per heavy atom. The standard InChI is InChI=1S/3C26H30N4O4.C6H14N2O/c1-17(20-10-6-7-15-28-20)33-19-11-12-21(29-16-19)22-13-14-23(34-22)25(31)30-24(26(32)27-2)18-8-4-3-5-9-18;1-17(19-9-6-14-28-15-19)33-20-10-11-21(29-16-20)22-12-13-23(34-22)25(31)30-24(26(32)27-2)18-7-4-3-5-8-18;1-16(17-10-12-29-13-11-17)33-19-8-9-21(30-15-19)22-14-20(24(34-22)25(27)31)23(26(32)28-2)18-6-4-3-5-7-18;1-4(2)5(7)6(9)8-3/h6-7,10-18,24H,3-5,8-9H2,1-2H3,(H,27,32)(H,30,31);6,9-18,24H,3-5,7-8H2,1-2H3,(H,27,32)(H,30,31);8-16,18,23H,3-7H2,1-2H3,(H2,27,31)(H,28,32);4-5H,7H2,1-3H3,(H,8,9)/t17-,24+;17?,24-;16-,23-;5-/m1000/s1. The number of amides is 7. The Hall–Kier alpha value is -11.6. The fourth-order valence-corrected chi connectivity index (χ4v) is 13.8. The lowest BCUT2D eigenvalue weighted by Crippen LogP contribution is -2.50. The van der Waals surface area contributed by atoms with Gasteiger partial charge in [-0.3, -0.25) is 48.5 Å². The molecule has 12 rings (SSSR count). The molecule has 588 valence electrons. The number of hydrogen-bond donors (Lipinski definition) is 8. The molecule has 3 fully saturated rings. The Morgan fingerprint density at radius 2 is 0.892 bits per heavy atom. The summed E-state index contributed by atoms with van der Waals surface area (Å²) in [5, 5.41) is 16.3. The SMILES string of the molecule is CNC(=O)[C@@H](N)C(C)C.CNC(=O)[C@@H](NC(=O)c1ccc(-c2ccc(OC(C)c3cccnc3)cn2)o1)C1CCCCC1.CNC(=O)[C@@H](NC(=O)c1ccc(-c2ccc(O[C@H](C)c3ccccn3)cn2)o1)C1CCCCC1.CNC(=O)[C@H](c1cc(-c2ccc(O[C@@H](C)c3ccncc3)cn2)oc1C(N)=O)C1CCCCC1. The van der Waals surface area contributed by atoms with Gasteiger partial charge in [0.2, 0.25) is 23.6 Å². The van der Waals surface area contributed by atoms with Crippen LogP contribution in [0.5, 0.6) is 17.2 Å². The molecule has 10 N–H and O–H groups in total. The van der Waals surface area contributed by atoms with Crippen molar-refractivity contribution in [2.24, 2.45) is 35.1 Å². The third-order valence-electron chi connectivity index (χ3n) is 20.1. The van der Waals surface area contributed by atoms with Crippen LogP contribution in [0.25, 0.3) is 34.4 Å². The van der Waals surface area contributed by atoms with Gasteiger partial charge in [0.15, 0.2) is 34.6 Å². The first kappa shape index (κ1) is 83.4. The zero-order valence-corrected chi connectivity index (χ0v) is 64.6. The van der Waals surface area contributed by atoms with Crippen molar-refractivity contribution in [1.29, 1.82) is 0 Å². The van der Waals surface area contributed by atoms with Crippen LogP contribution in [0.2, 0.25) is 0 Å². The molecular weight excluding hydrogens is 1410 g/mol. The summed E-state index contributed by atoms with van der Waals surface area (Å²) in [7, 11) is 6.37. The van der Waals surface area contributed by atoms with Crippen molar-refractivity contribution < 1.29 is 61.0 Å². The number of pyridine rings is 6. The molecule has 0 aliphatic heterocycles. The molecule has 0 saturated heterocycles. The number of nitrogens with zero attached hydrogens (tertiary/aromatic N) is 6. The number of hydrogen-bond acceptors (Lipinski definition) is 20. The number of carbonyl (C=O) groups excluding carboxylic acids is 7. The van der Waals surface area contributed by atoms with Gasteiger partial charge in [-0.2, -0.15) is 0 Å². The third kappa shape index (κ3) is 23.7. The molecular formula is C84H104N14O13. The second-order valence-corrected chi connectivity index (χ2v) is 28.1. The molecule has 111 heavy (non-hydrogen) atoms. The Labute approximate surface area is 647 Å². The number of nitrogens with one attached hydrogen (secondary N) is 6. The van der Waals surface area contributed by atoms with Crippen LogP contribution < -0.4 is 57.6 Å². The largest absolute Gasteiger partial charge is 0.484 e. The number of ether oxygens (including phenoxy) is 3. The smallest absolute Gasteiger partial charge is 0.287 e. The van der Waals surface area contributed by atoms with E-state index in [1.54, 1.807) is 138 Å². The number of furan rings is 3. The van der Waals surface area contributed by atoms with E-state index in [0.29, 0.717) is 57.2 Å². The first-order chi connectivity index (χ1) is 53.7. The van der Waals surface area contributed by atoms with Crippen LogP contribution in [0, 0.1) is 23.7 Å². The van der Waals surface area contributed by atoms with Crippen molar-refractivity contribution in [3.63, 3.8) is 0 Å². The van der Waals surface area contributed by atoms with Crippen LogP contribution in [-0.2, 0) is 19.2 Å². The maximum atomic E-state index is 12.9. The first-order valence-corrected chi connectivity index (χ1v) is 38.1. The van der Waals surface area contributed by atoms with Crippen molar-refractivity contribution >= 4 is 41.4 Å². The normalized spacial score (nSPS) is 15.7. The highest BCUT2D eigenvalue weighted by Crippen LogP contribution is 2.41. The van der Waals surface area contributed by atoms with Gasteiger partial charge < -0.3 is 70.8 Å². The van der Waals surface area contributed by atoms with E-state index in [4.69, 9.17) is 38.9 Å². The maximum Gasteiger partial charge on any atom is 0.287 e. The lowest BCUT2D eigenvalue weighted by atomic mass is 9.76. The quantitative estimate of drug-likeness (QED) is 0.0250. The van der Waals surface area contributed by atoms with E-state index in [-0.39, 0.29) is 88.9 Å². The highest BCUT2D eigenvalue weighted by Gasteiger charge is 2.37. The fourth-order valence-electron chi connectivity index (χ4n) is 13.8. The van der Waals surface area contributed by atoms with E-state index in [2.05, 4.69) is 61.8 Å². The minimum absolute atomic E-state index is 0.0163. The highest BCUT2D eigenvalue weighted by atomic mass is 16.5. The lowest BCUT2D eigenvalue weighted by molar-refractivity contribution is -0.124. The zero-order valence-electron chi connectivity index (χ0n) is 64.6. The summed E-state index contributed by atoms with van der Waals surface area (Å²) in [5.74, 6) is 1.47. The Kier molecular flexibility index (Phi) is 31.4.